The Morgan fingerprint density at radius 2 is 1.89 bits per heavy atom. The van der Waals surface area contributed by atoms with Gasteiger partial charge in [0.2, 0.25) is 5.78 Å². The van der Waals surface area contributed by atoms with E-state index in [2.05, 4.69) is 36.7 Å². The van der Waals surface area contributed by atoms with Crippen LogP contribution in [0.5, 0.6) is 0 Å². The Labute approximate surface area is 130 Å². The lowest BCUT2D eigenvalue weighted by molar-refractivity contribution is 0.104. The maximum atomic E-state index is 12.5. The molecule has 0 saturated carbocycles. The molecule has 0 unspecified atom stereocenters. The highest BCUT2D eigenvalue weighted by Gasteiger charge is 2.20. The van der Waals surface area contributed by atoms with Crippen LogP contribution in [-0.4, -0.2) is 5.78 Å². The van der Waals surface area contributed by atoms with Crippen molar-refractivity contribution < 1.29 is 4.79 Å². The molecule has 0 amide bonds. The molecule has 1 nitrogen and oxygen atoms in total. The Morgan fingerprint density at radius 1 is 1.21 bits per heavy atom. The van der Waals surface area contributed by atoms with Gasteiger partial charge < -0.3 is 0 Å². The first-order valence-electron chi connectivity index (χ1n) is 5.90. The average Bonchev–Trinajstić information content (AvgIpc) is 2.81. The van der Waals surface area contributed by atoms with Crippen molar-refractivity contribution >= 4 is 44.7 Å². The van der Waals surface area contributed by atoms with Gasteiger partial charge in [-0.25, -0.2) is 0 Å². The summed E-state index contributed by atoms with van der Waals surface area (Å²) in [6.07, 6.45) is 0. The van der Waals surface area contributed by atoms with Crippen molar-refractivity contribution in [2.45, 2.75) is 26.2 Å². The van der Waals surface area contributed by atoms with Gasteiger partial charge in [0, 0.05) is 14.9 Å². The van der Waals surface area contributed by atoms with Crippen molar-refractivity contribution in [3.8, 4) is 0 Å². The van der Waals surface area contributed by atoms with E-state index in [-0.39, 0.29) is 11.2 Å². The number of hydrogen-bond acceptors (Lipinski definition) is 2. The summed E-state index contributed by atoms with van der Waals surface area (Å²) in [5.74, 6) is -0.0215. The van der Waals surface area contributed by atoms with Crippen molar-refractivity contribution in [2.75, 3.05) is 0 Å². The van der Waals surface area contributed by atoms with Crippen molar-refractivity contribution in [3.05, 3.63) is 55.1 Å². The molecule has 1 aromatic heterocycles. The molecule has 0 atom stereocenters. The SMILES string of the molecule is CC(C)(C)c1ccc(C(=O)c2cccc(Br)c2Cl)s1. The Bertz CT molecular complexity index is 625. The number of ketones is 1. The van der Waals surface area contributed by atoms with Crippen LogP contribution in [0, 0.1) is 0 Å². The van der Waals surface area contributed by atoms with Gasteiger partial charge in [-0.3, -0.25) is 4.79 Å². The Balaban J connectivity index is 2.40. The maximum absolute atomic E-state index is 12.5. The highest BCUT2D eigenvalue weighted by Crippen LogP contribution is 2.33. The van der Waals surface area contributed by atoms with Gasteiger partial charge in [0.05, 0.1) is 9.90 Å². The van der Waals surface area contributed by atoms with E-state index in [9.17, 15) is 4.79 Å². The monoisotopic (exact) mass is 356 g/mol. The molecule has 0 radical (unpaired) electrons. The van der Waals surface area contributed by atoms with Crippen LogP contribution in [0.15, 0.2) is 34.8 Å². The molecule has 4 heteroatoms. The van der Waals surface area contributed by atoms with E-state index in [0.29, 0.717) is 10.6 Å². The lowest BCUT2D eigenvalue weighted by Crippen LogP contribution is -2.08. The van der Waals surface area contributed by atoms with Crippen LogP contribution in [-0.2, 0) is 5.41 Å². The van der Waals surface area contributed by atoms with Crippen LogP contribution in [0.25, 0.3) is 0 Å². The zero-order valence-corrected chi connectivity index (χ0v) is 14.1. The van der Waals surface area contributed by atoms with E-state index in [1.54, 1.807) is 6.07 Å². The molecule has 0 fully saturated rings. The van der Waals surface area contributed by atoms with Crippen LogP contribution in [0.4, 0.5) is 0 Å². The van der Waals surface area contributed by atoms with Crippen molar-refractivity contribution in [3.63, 3.8) is 0 Å². The molecular formula is C15H14BrClOS. The van der Waals surface area contributed by atoms with Gasteiger partial charge in [-0.05, 0) is 45.6 Å². The van der Waals surface area contributed by atoms with Crippen molar-refractivity contribution in [1.29, 1.82) is 0 Å². The highest BCUT2D eigenvalue weighted by molar-refractivity contribution is 9.10. The number of benzene rings is 1. The second-order valence-corrected chi connectivity index (χ2v) is 7.66. The van der Waals surface area contributed by atoms with E-state index in [4.69, 9.17) is 11.6 Å². The second-order valence-electron chi connectivity index (χ2n) is 5.34. The topological polar surface area (TPSA) is 17.1 Å². The Kier molecular flexibility index (Phi) is 4.19. The summed E-state index contributed by atoms with van der Waals surface area (Å²) in [6.45, 7) is 6.41. The minimum Gasteiger partial charge on any atom is -0.288 e. The third kappa shape index (κ3) is 3.10. The smallest absolute Gasteiger partial charge is 0.204 e. The summed E-state index contributed by atoms with van der Waals surface area (Å²) < 4.78 is 0.743. The van der Waals surface area contributed by atoms with Crippen LogP contribution in [0.3, 0.4) is 0 Å². The van der Waals surface area contributed by atoms with Crippen molar-refractivity contribution in [1.82, 2.24) is 0 Å². The third-order valence-corrected chi connectivity index (χ3v) is 5.57. The third-order valence-electron chi connectivity index (χ3n) is 2.77. The summed E-state index contributed by atoms with van der Waals surface area (Å²) in [6, 6.07) is 9.30. The zero-order valence-electron chi connectivity index (χ0n) is 11.0. The molecule has 1 aromatic carbocycles. The molecule has 0 N–H and O–H groups in total. The van der Waals surface area contributed by atoms with Gasteiger partial charge in [0.15, 0.2) is 0 Å². The molecule has 0 aliphatic heterocycles. The van der Waals surface area contributed by atoms with E-state index in [1.807, 2.05) is 24.3 Å². The second kappa shape index (κ2) is 5.39. The molecule has 0 aliphatic carbocycles. The number of halogens is 2. The zero-order chi connectivity index (χ0) is 14.2. The fraction of sp³-hybridized carbons (Fsp3) is 0.267. The summed E-state index contributed by atoms with van der Waals surface area (Å²) >= 11 is 11.0. The predicted octanol–water partition coefficient (Wildman–Crippen LogP) is 5.69. The van der Waals surface area contributed by atoms with Gasteiger partial charge in [0.25, 0.3) is 0 Å². The summed E-state index contributed by atoms with van der Waals surface area (Å²) in [5.41, 5.74) is 0.600. The molecule has 0 aliphatic rings. The van der Waals surface area contributed by atoms with Gasteiger partial charge in [-0.15, -0.1) is 11.3 Å². The number of hydrogen-bond donors (Lipinski definition) is 0. The summed E-state index contributed by atoms with van der Waals surface area (Å²) in [5, 5.41) is 0.471. The quantitative estimate of drug-likeness (QED) is 0.631. The molecule has 2 aromatic rings. The fourth-order valence-corrected chi connectivity index (χ4v) is 3.27. The number of carbonyl (C=O) groups excluding carboxylic acids is 1. The van der Waals surface area contributed by atoms with E-state index in [0.717, 1.165) is 9.35 Å². The van der Waals surface area contributed by atoms with Gasteiger partial charge >= 0.3 is 0 Å². The van der Waals surface area contributed by atoms with Crippen LogP contribution < -0.4 is 0 Å². The molecule has 0 saturated heterocycles. The van der Waals surface area contributed by atoms with Crippen LogP contribution >= 0.6 is 38.9 Å². The summed E-state index contributed by atoms with van der Waals surface area (Å²) in [7, 11) is 0. The Morgan fingerprint density at radius 3 is 2.47 bits per heavy atom. The van der Waals surface area contributed by atoms with E-state index >= 15 is 0 Å². The molecule has 2 rings (SSSR count). The first kappa shape index (κ1) is 14.8. The standard InChI is InChI=1S/C15H14BrClOS/c1-15(2,3)12-8-7-11(19-12)14(18)9-5-4-6-10(16)13(9)17/h4-8H,1-3H3. The first-order valence-corrected chi connectivity index (χ1v) is 7.88. The number of rotatable bonds is 2. The first-order chi connectivity index (χ1) is 8.80. The number of thiophene rings is 1. The fourth-order valence-electron chi connectivity index (χ4n) is 1.67. The normalized spacial score (nSPS) is 11.6. The Hall–Kier alpha value is -0.640. The van der Waals surface area contributed by atoms with Crippen LogP contribution in [0.1, 0.15) is 40.9 Å². The van der Waals surface area contributed by atoms with Crippen LogP contribution in [0.2, 0.25) is 5.02 Å². The molecular weight excluding hydrogens is 344 g/mol. The lowest BCUT2D eigenvalue weighted by Gasteiger charge is -2.15. The largest absolute Gasteiger partial charge is 0.288 e. The highest BCUT2D eigenvalue weighted by atomic mass is 79.9. The molecule has 19 heavy (non-hydrogen) atoms. The minimum atomic E-state index is -0.0215. The molecule has 0 bridgehead atoms. The molecule has 1 heterocycles. The average molecular weight is 358 g/mol. The van der Waals surface area contributed by atoms with E-state index < -0.39 is 0 Å². The lowest BCUT2D eigenvalue weighted by atomic mass is 9.95. The van der Waals surface area contributed by atoms with Gasteiger partial charge in [-0.2, -0.15) is 0 Å². The van der Waals surface area contributed by atoms with E-state index in [1.165, 1.54) is 16.2 Å². The number of carbonyl (C=O) groups is 1. The minimum absolute atomic E-state index is 0.0215. The molecule has 100 valence electrons. The summed E-state index contributed by atoms with van der Waals surface area (Å²) in [4.78, 5) is 14.4. The molecule has 0 spiro atoms. The maximum Gasteiger partial charge on any atom is 0.204 e. The van der Waals surface area contributed by atoms with Crippen molar-refractivity contribution in [2.24, 2.45) is 0 Å². The van der Waals surface area contributed by atoms with Gasteiger partial charge in [-0.1, -0.05) is 38.4 Å². The predicted molar refractivity (Wildman–Crippen MR) is 85.6 cm³/mol. The van der Waals surface area contributed by atoms with Gasteiger partial charge in [0.1, 0.15) is 0 Å².